The van der Waals surface area contributed by atoms with Gasteiger partial charge in [0.15, 0.2) is 5.78 Å². The summed E-state index contributed by atoms with van der Waals surface area (Å²) in [6.45, 7) is 0.447. The Balaban J connectivity index is 2.63. The quantitative estimate of drug-likeness (QED) is 0.661. The molecule has 68 valence electrons. The number of carboxylic acid groups (broad SMARTS) is 1. The molecule has 12 heavy (non-hydrogen) atoms. The molecule has 1 aliphatic heterocycles. The van der Waals surface area contributed by atoms with E-state index >= 15 is 0 Å². The van der Waals surface area contributed by atoms with Crippen molar-refractivity contribution in [1.29, 1.82) is 0 Å². The highest BCUT2D eigenvalue weighted by Crippen LogP contribution is 2.18. The zero-order valence-corrected chi connectivity index (χ0v) is 7.25. The topological polar surface area (TPSA) is 57.6 Å². The van der Waals surface area contributed by atoms with Crippen molar-refractivity contribution in [3.8, 4) is 0 Å². The van der Waals surface area contributed by atoms with E-state index in [1.165, 1.54) is 0 Å². The van der Waals surface area contributed by atoms with Gasteiger partial charge in [-0.05, 0) is 12.8 Å². The molecule has 1 rings (SSSR count). The van der Waals surface area contributed by atoms with Crippen LogP contribution >= 0.6 is 11.6 Å². The van der Waals surface area contributed by atoms with Crippen molar-refractivity contribution in [3.63, 3.8) is 0 Å². The van der Waals surface area contributed by atoms with Crippen molar-refractivity contribution in [2.24, 2.45) is 0 Å². The highest BCUT2D eigenvalue weighted by Gasteiger charge is 2.32. The van der Waals surface area contributed by atoms with Crippen LogP contribution < -0.4 is 0 Å². The number of likely N-dealkylation sites (tertiary alicyclic amines) is 1. The molecule has 1 amide bonds. The van der Waals surface area contributed by atoms with Crippen molar-refractivity contribution in [3.05, 3.63) is 0 Å². The summed E-state index contributed by atoms with van der Waals surface area (Å²) in [6.07, 6.45) is 0.327. The van der Waals surface area contributed by atoms with E-state index in [-0.39, 0.29) is 11.7 Å². The second-order valence-corrected chi connectivity index (χ2v) is 3.00. The van der Waals surface area contributed by atoms with Gasteiger partial charge in [-0.3, -0.25) is 9.69 Å². The number of nitrogens with zero attached hydrogens (tertiary/aromatic N) is 1. The summed E-state index contributed by atoms with van der Waals surface area (Å²) in [6, 6.07) is -0.500. The van der Waals surface area contributed by atoms with Crippen molar-refractivity contribution in [2.45, 2.75) is 18.9 Å². The number of halogens is 1. The Hall–Kier alpha value is -0.770. The van der Waals surface area contributed by atoms with Crippen molar-refractivity contribution in [2.75, 3.05) is 12.4 Å². The van der Waals surface area contributed by atoms with Gasteiger partial charge >= 0.3 is 6.09 Å². The number of amides is 1. The molecule has 1 N–H and O–H groups in total. The summed E-state index contributed by atoms with van der Waals surface area (Å²) < 4.78 is 0. The van der Waals surface area contributed by atoms with E-state index in [0.717, 1.165) is 11.3 Å². The first-order chi connectivity index (χ1) is 5.66. The van der Waals surface area contributed by atoms with Gasteiger partial charge in [0.2, 0.25) is 0 Å². The highest BCUT2D eigenvalue weighted by atomic mass is 35.5. The van der Waals surface area contributed by atoms with Crippen LogP contribution in [-0.4, -0.2) is 40.3 Å². The summed E-state index contributed by atoms with van der Waals surface area (Å²) in [7, 11) is 0. The fourth-order valence-corrected chi connectivity index (χ4v) is 1.60. The maximum atomic E-state index is 11.1. The zero-order chi connectivity index (χ0) is 9.14. The van der Waals surface area contributed by atoms with Crippen LogP contribution in [0.5, 0.6) is 0 Å². The number of rotatable bonds is 2. The number of alkyl halides is 1. The summed E-state index contributed by atoms with van der Waals surface area (Å²) in [5, 5.41) is 8.66. The van der Waals surface area contributed by atoms with Crippen molar-refractivity contribution in [1.82, 2.24) is 4.90 Å². The Morgan fingerprint density at radius 3 is 2.75 bits per heavy atom. The summed E-state index contributed by atoms with van der Waals surface area (Å²) in [5.74, 6) is -0.300. The predicted molar refractivity (Wildman–Crippen MR) is 43.5 cm³/mol. The first kappa shape index (κ1) is 9.32. The van der Waals surface area contributed by atoms with E-state index in [1.54, 1.807) is 0 Å². The Morgan fingerprint density at radius 2 is 2.25 bits per heavy atom. The number of carbonyl (C=O) groups is 2. The Kier molecular flexibility index (Phi) is 2.92. The van der Waals surface area contributed by atoms with Gasteiger partial charge < -0.3 is 5.11 Å². The fourth-order valence-electron chi connectivity index (χ4n) is 1.42. The van der Waals surface area contributed by atoms with E-state index in [0.29, 0.717) is 13.0 Å². The second kappa shape index (κ2) is 3.76. The lowest BCUT2D eigenvalue weighted by Crippen LogP contribution is -2.40. The minimum absolute atomic E-state index is 0.103. The van der Waals surface area contributed by atoms with E-state index < -0.39 is 12.1 Å². The molecule has 0 unspecified atom stereocenters. The molecular formula is C7H10ClNO3. The van der Waals surface area contributed by atoms with Crippen LogP contribution in [0.25, 0.3) is 0 Å². The number of hydrogen-bond acceptors (Lipinski definition) is 2. The Bertz CT molecular complexity index is 207. The first-order valence-electron chi connectivity index (χ1n) is 3.75. The molecule has 0 bridgehead atoms. The van der Waals surface area contributed by atoms with Crippen LogP contribution in [-0.2, 0) is 4.79 Å². The van der Waals surface area contributed by atoms with Crippen LogP contribution in [0.2, 0.25) is 0 Å². The molecule has 4 nitrogen and oxygen atoms in total. The molecule has 1 atom stereocenters. The largest absolute Gasteiger partial charge is 0.465 e. The van der Waals surface area contributed by atoms with Crippen LogP contribution in [0.15, 0.2) is 0 Å². The second-order valence-electron chi connectivity index (χ2n) is 2.73. The lowest BCUT2D eigenvalue weighted by atomic mass is 10.1. The molecule has 0 radical (unpaired) electrons. The minimum Gasteiger partial charge on any atom is -0.465 e. The molecular weight excluding hydrogens is 182 g/mol. The van der Waals surface area contributed by atoms with E-state index in [2.05, 4.69) is 0 Å². The number of hydrogen-bond donors (Lipinski definition) is 1. The molecule has 0 aromatic carbocycles. The van der Waals surface area contributed by atoms with Crippen molar-refractivity contribution < 1.29 is 14.7 Å². The Morgan fingerprint density at radius 1 is 1.58 bits per heavy atom. The molecule has 1 fully saturated rings. The summed E-state index contributed by atoms with van der Waals surface area (Å²) in [4.78, 5) is 22.8. The molecule has 0 aromatic rings. The van der Waals surface area contributed by atoms with Crippen LogP contribution in [0, 0.1) is 0 Å². The average molecular weight is 192 g/mol. The maximum absolute atomic E-state index is 11.1. The van der Waals surface area contributed by atoms with Crippen LogP contribution in [0.1, 0.15) is 12.8 Å². The van der Waals surface area contributed by atoms with E-state index in [1.807, 2.05) is 0 Å². The predicted octanol–water partition coefficient (Wildman–Crippen LogP) is 0.937. The third kappa shape index (κ3) is 1.69. The van der Waals surface area contributed by atoms with Gasteiger partial charge in [0.1, 0.15) is 0 Å². The van der Waals surface area contributed by atoms with Gasteiger partial charge in [0.05, 0.1) is 11.9 Å². The monoisotopic (exact) mass is 191 g/mol. The van der Waals surface area contributed by atoms with Crippen LogP contribution in [0.4, 0.5) is 4.79 Å². The summed E-state index contributed by atoms with van der Waals surface area (Å²) in [5.41, 5.74) is 0. The molecule has 0 spiro atoms. The lowest BCUT2D eigenvalue weighted by Gasteiger charge is -2.18. The van der Waals surface area contributed by atoms with Crippen molar-refractivity contribution >= 4 is 23.5 Å². The fraction of sp³-hybridized carbons (Fsp3) is 0.714. The smallest absolute Gasteiger partial charge is 0.407 e. The third-order valence-corrected chi connectivity index (χ3v) is 2.27. The van der Waals surface area contributed by atoms with Gasteiger partial charge in [-0.15, -0.1) is 11.6 Å². The Labute approximate surface area is 75.1 Å². The van der Waals surface area contributed by atoms with Gasteiger partial charge in [-0.25, -0.2) is 4.79 Å². The van der Waals surface area contributed by atoms with E-state index in [9.17, 15) is 9.59 Å². The summed E-state index contributed by atoms with van der Waals surface area (Å²) >= 11 is 5.33. The molecule has 0 aliphatic carbocycles. The SMILES string of the molecule is O=C(CCl)[C@@H]1CCCN1C(=O)O. The number of carbonyl (C=O) groups excluding carboxylic acids is 1. The molecule has 5 heteroatoms. The minimum atomic E-state index is -1.03. The highest BCUT2D eigenvalue weighted by molar-refractivity contribution is 6.28. The van der Waals surface area contributed by atoms with Gasteiger partial charge in [-0.1, -0.05) is 0 Å². The van der Waals surface area contributed by atoms with Crippen LogP contribution in [0.3, 0.4) is 0 Å². The standard InChI is InChI=1S/C7H10ClNO3/c8-4-6(10)5-2-1-3-9(5)7(11)12/h5H,1-4H2,(H,11,12)/t5-/m0/s1. The van der Waals surface area contributed by atoms with Gasteiger partial charge in [0.25, 0.3) is 0 Å². The molecule has 0 aromatic heterocycles. The maximum Gasteiger partial charge on any atom is 0.407 e. The van der Waals surface area contributed by atoms with Gasteiger partial charge in [0, 0.05) is 6.54 Å². The molecule has 1 saturated heterocycles. The molecule has 0 saturated carbocycles. The lowest BCUT2D eigenvalue weighted by molar-refractivity contribution is -0.120. The molecule has 1 aliphatic rings. The molecule has 1 heterocycles. The number of ketones is 1. The van der Waals surface area contributed by atoms with Gasteiger partial charge in [-0.2, -0.15) is 0 Å². The number of Topliss-reactive ketones (excluding diaryl/α,β-unsaturated/α-hetero) is 1. The zero-order valence-electron chi connectivity index (χ0n) is 6.49. The average Bonchev–Trinajstić information content (AvgIpc) is 2.50. The van der Waals surface area contributed by atoms with E-state index in [4.69, 9.17) is 16.7 Å². The first-order valence-corrected chi connectivity index (χ1v) is 4.28. The third-order valence-electron chi connectivity index (χ3n) is 2.00. The normalized spacial score (nSPS) is 22.8.